The van der Waals surface area contributed by atoms with E-state index in [1.165, 1.54) is 0 Å². The number of nitrogens with zero attached hydrogens (tertiary/aromatic N) is 2. The fraction of sp³-hybridized carbons (Fsp3) is 0. The molecule has 0 bridgehead atoms. The first-order chi connectivity index (χ1) is 9.63. The lowest BCUT2D eigenvalue weighted by atomic mass is 10.2. The summed E-state index contributed by atoms with van der Waals surface area (Å²) in [6.07, 6.45) is 0. The van der Waals surface area contributed by atoms with Crippen LogP contribution in [0.3, 0.4) is 0 Å². The SMILES string of the molecule is Nc1cc(Br)ccc1-c1nc(-c2ccc(Br)cc2)no1. The molecule has 0 saturated heterocycles. The van der Waals surface area contributed by atoms with Crippen LogP contribution >= 0.6 is 31.9 Å². The Bertz CT molecular complexity index is 753. The van der Waals surface area contributed by atoms with Crippen molar-refractivity contribution in [2.45, 2.75) is 0 Å². The van der Waals surface area contributed by atoms with Gasteiger partial charge in [0.2, 0.25) is 5.82 Å². The third kappa shape index (κ3) is 2.62. The van der Waals surface area contributed by atoms with E-state index in [0.717, 1.165) is 20.1 Å². The molecule has 0 unspecified atom stereocenters. The predicted molar refractivity (Wildman–Crippen MR) is 85.0 cm³/mol. The normalized spacial score (nSPS) is 10.7. The van der Waals surface area contributed by atoms with E-state index >= 15 is 0 Å². The molecule has 0 aliphatic rings. The van der Waals surface area contributed by atoms with Gasteiger partial charge in [-0.3, -0.25) is 0 Å². The Morgan fingerprint density at radius 1 is 0.950 bits per heavy atom. The number of aromatic nitrogens is 2. The molecule has 1 aromatic heterocycles. The third-order valence-electron chi connectivity index (χ3n) is 2.77. The van der Waals surface area contributed by atoms with Gasteiger partial charge in [-0.25, -0.2) is 0 Å². The molecule has 3 aromatic rings. The van der Waals surface area contributed by atoms with Crippen LogP contribution < -0.4 is 5.73 Å². The largest absolute Gasteiger partial charge is 0.398 e. The first-order valence-electron chi connectivity index (χ1n) is 5.78. The molecule has 20 heavy (non-hydrogen) atoms. The van der Waals surface area contributed by atoms with Crippen molar-refractivity contribution in [1.29, 1.82) is 0 Å². The van der Waals surface area contributed by atoms with Crippen molar-refractivity contribution < 1.29 is 4.52 Å². The van der Waals surface area contributed by atoms with Gasteiger partial charge >= 0.3 is 0 Å². The molecular formula is C14H9Br2N3O. The molecule has 0 saturated carbocycles. The summed E-state index contributed by atoms with van der Waals surface area (Å²) in [5.41, 5.74) is 8.16. The lowest BCUT2D eigenvalue weighted by molar-refractivity contribution is 0.432. The minimum absolute atomic E-state index is 0.410. The monoisotopic (exact) mass is 393 g/mol. The van der Waals surface area contributed by atoms with Gasteiger partial charge in [0, 0.05) is 20.2 Å². The number of nitrogens with two attached hydrogens (primary N) is 1. The summed E-state index contributed by atoms with van der Waals surface area (Å²) in [6.45, 7) is 0. The molecule has 0 aliphatic carbocycles. The molecule has 2 N–H and O–H groups in total. The average molecular weight is 395 g/mol. The molecule has 0 radical (unpaired) electrons. The Labute approximate surface area is 132 Å². The van der Waals surface area contributed by atoms with Crippen molar-refractivity contribution in [3.05, 3.63) is 51.4 Å². The Balaban J connectivity index is 1.99. The summed E-state index contributed by atoms with van der Waals surface area (Å²) < 4.78 is 7.20. The van der Waals surface area contributed by atoms with Gasteiger partial charge in [0.1, 0.15) is 0 Å². The number of hydrogen-bond donors (Lipinski definition) is 1. The summed E-state index contributed by atoms with van der Waals surface area (Å²) in [4.78, 5) is 4.38. The number of rotatable bonds is 2. The Morgan fingerprint density at radius 2 is 1.65 bits per heavy atom. The summed E-state index contributed by atoms with van der Waals surface area (Å²) in [5, 5.41) is 3.99. The molecule has 1 heterocycles. The van der Waals surface area contributed by atoms with Crippen LogP contribution in [-0.2, 0) is 0 Å². The topological polar surface area (TPSA) is 64.9 Å². The van der Waals surface area contributed by atoms with Gasteiger partial charge in [-0.1, -0.05) is 37.0 Å². The van der Waals surface area contributed by atoms with Gasteiger partial charge in [0.15, 0.2) is 0 Å². The highest BCUT2D eigenvalue weighted by molar-refractivity contribution is 9.10. The number of halogens is 2. The van der Waals surface area contributed by atoms with E-state index in [2.05, 4.69) is 42.0 Å². The van der Waals surface area contributed by atoms with Crippen LogP contribution in [-0.4, -0.2) is 10.1 Å². The molecule has 2 aromatic carbocycles. The fourth-order valence-corrected chi connectivity index (χ4v) is 2.42. The first-order valence-corrected chi connectivity index (χ1v) is 7.37. The van der Waals surface area contributed by atoms with Crippen LogP contribution in [0.25, 0.3) is 22.8 Å². The highest BCUT2D eigenvalue weighted by Gasteiger charge is 2.13. The quantitative estimate of drug-likeness (QED) is 0.649. The van der Waals surface area contributed by atoms with Crippen molar-refractivity contribution in [2.75, 3.05) is 5.73 Å². The van der Waals surface area contributed by atoms with Crippen LogP contribution in [0.15, 0.2) is 55.9 Å². The second kappa shape index (κ2) is 5.38. The molecule has 100 valence electrons. The number of nitrogen functional groups attached to an aromatic ring is 1. The van der Waals surface area contributed by atoms with Crippen molar-refractivity contribution in [3.8, 4) is 22.8 Å². The number of benzene rings is 2. The molecule has 0 spiro atoms. The van der Waals surface area contributed by atoms with Crippen LogP contribution in [0.4, 0.5) is 5.69 Å². The zero-order valence-electron chi connectivity index (χ0n) is 10.2. The van der Waals surface area contributed by atoms with Gasteiger partial charge in [0.25, 0.3) is 5.89 Å². The van der Waals surface area contributed by atoms with Gasteiger partial charge in [-0.15, -0.1) is 0 Å². The Morgan fingerprint density at radius 3 is 2.35 bits per heavy atom. The number of anilines is 1. The van der Waals surface area contributed by atoms with E-state index in [-0.39, 0.29) is 0 Å². The zero-order chi connectivity index (χ0) is 14.1. The van der Waals surface area contributed by atoms with Gasteiger partial charge in [-0.2, -0.15) is 4.98 Å². The maximum absolute atomic E-state index is 5.96. The summed E-state index contributed by atoms with van der Waals surface area (Å²) in [5.74, 6) is 0.947. The Hall–Kier alpha value is -1.66. The number of hydrogen-bond acceptors (Lipinski definition) is 4. The summed E-state index contributed by atoms with van der Waals surface area (Å²) >= 11 is 6.76. The maximum Gasteiger partial charge on any atom is 0.260 e. The minimum Gasteiger partial charge on any atom is -0.398 e. The van der Waals surface area contributed by atoms with E-state index in [1.54, 1.807) is 6.07 Å². The lowest BCUT2D eigenvalue weighted by Crippen LogP contribution is -1.90. The molecule has 0 aliphatic heterocycles. The van der Waals surface area contributed by atoms with E-state index < -0.39 is 0 Å². The smallest absolute Gasteiger partial charge is 0.260 e. The van der Waals surface area contributed by atoms with Crippen LogP contribution in [0.1, 0.15) is 0 Å². The Kier molecular flexibility index (Phi) is 3.58. The minimum atomic E-state index is 0.410. The van der Waals surface area contributed by atoms with Gasteiger partial charge < -0.3 is 10.3 Å². The molecule has 0 amide bonds. The summed E-state index contributed by atoms with van der Waals surface area (Å²) in [7, 11) is 0. The molecule has 0 fully saturated rings. The van der Waals surface area contributed by atoms with E-state index in [9.17, 15) is 0 Å². The van der Waals surface area contributed by atoms with Gasteiger partial charge in [0.05, 0.1) is 5.56 Å². The second-order valence-corrected chi connectivity index (χ2v) is 5.99. The fourth-order valence-electron chi connectivity index (χ4n) is 1.78. The average Bonchev–Trinajstić information content (AvgIpc) is 2.89. The van der Waals surface area contributed by atoms with E-state index in [0.29, 0.717) is 17.4 Å². The van der Waals surface area contributed by atoms with Crippen LogP contribution in [0.2, 0.25) is 0 Å². The van der Waals surface area contributed by atoms with Crippen molar-refractivity contribution in [3.63, 3.8) is 0 Å². The van der Waals surface area contributed by atoms with Crippen molar-refractivity contribution >= 4 is 37.5 Å². The maximum atomic E-state index is 5.96. The molecule has 0 atom stereocenters. The van der Waals surface area contributed by atoms with Crippen LogP contribution in [0.5, 0.6) is 0 Å². The molecular weight excluding hydrogens is 386 g/mol. The highest BCUT2D eigenvalue weighted by Crippen LogP contribution is 2.29. The second-order valence-electron chi connectivity index (χ2n) is 4.16. The third-order valence-corrected chi connectivity index (χ3v) is 3.79. The zero-order valence-corrected chi connectivity index (χ0v) is 13.3. The highest BCUT2D eigenvalue weighted by atomic mass is 79.9. The summed E-state index contributed by atoms with van der Waals surface area (Å²) in [6, 6.07) is 13.2. The molecule has 4 nitrogen and oxygen atoms in total. The molecule has 6 heteroatoms. The predicted octanol–water partition coefficient (Wildman–Crippen LogP) is 4.51. The molecule has 3 rings (SSSR count). The van der Waals surface area contributed by atoms with Gasteiger partial charge in [-0.05, 0) is 42.5 Å². The van der Waals surface area contributed by atoms with Crippen molar-refractivity contribution in [2.24, 2.45) is 0 Å². The van der Waals surface area contributed by atoms with E-state index in [4.69, 9.17) is 10.3 Å². The van der Waals surface area contributed by atoms with E-state index in [1.807, 2.05) is 36.4 Å². The standard InChI is InChI=1S/C14H9Br2N3O/c15-9-3-1-8(2-4-9)13-18-14(20-19-13)11-6-5-10(16)7-12(11)17/h1-7H,17H2. The first kappa shape index (κ1) is 13.3. The lowest BCUT2D eigenvalue weighted by Gasteiger charge is -2.00. The van der Waals surface area contributed by atoms with Crippen molar-refractivity contribution in [1.82, 2.24) is 10.1 Å². The van der Waals surface area contributed by atoms with Crippen LogP contribution in [0, 0.1) is 0 Å².